The molecule has 0 aliphatic carbocycles. The molecule has 0 radical (unpaired) electrons. The van der Waals surface area contributed by atoms with Crippen molar-refractivity contribution in [2.45, 2.75) is 25.7 Å². The topological polar surface area (TPSA) is 65.4 Å². The van der Waals surface area contributed by atoms with E-state index in [0.717, 1.165) is 10.0 Å². The van der Waals surface area contributed by atoms with E-state index in [0.29, 0.717) is 23.9 Å². The molecule has 0 bridgehead atoms. The average Bonchev–Trinajstić information content (AvgIpc) is 3.09. The van der Waals surface area contributed by atoms with Gasteiger partial charge in [0, 0.05) is 10.5 Å². The fraction of sp³-hybridized carbons (Fsp3) is 0.200. The van der Waals surface area contributed by atoms with Crippen LogP contribution in [-0.2, 0) is 11.3 Å². The Labute approximate surface area is 165 Å². The molecule has 2 unspecified atom stereocenters. The van der Waals surface area contributed by atoms with Gasteiger partial charge in [0.2, 0.25) is 6.10 Å². The number of benzene rings is 2. The van der Waals surface area contributed by atoms with Crippen molar-refractivity contribution in [3.8, 4) is 11.5 Å². The predicted molar refractivity (Wildman–Crippen MR) is 105 cm³/mol. The number of hydrogen-bond donors (Lipinski definition) is 1. The molecule has 27 heavy (non-hydrogen) atoms. The molecule has 1 N–H and O–H groups in total. The highest BCUT2D eigenvalue weighted by atomic mass is 79.9. The second-order valence-electron chi connectivity index (χ2n) is 6.30. The third kappa shape index (κ3) is 3.83. The van der Waals surface area contributed by atoms with E-state index in [2.05, 4.69) is 26.3 Å². The minimum atomic E-state index is -0.740. The van der Waals surface area contributed by atoms with Gasteiger partial charge in [-0.05, 0) is 36.8 Å². The molecule has 0 saturated carbocycles. The van der Waals surface area contributed by atoms with Crippen LogP contribution in [0.2, 0.25) is 0 Å². The van der Waals surface area contributed by atoms with Crippen molar-refractivity contribution in [3.63, 3.8) is 0 Å². The van der Waals surface area contributed by atoms with Crippen LogP contribution in [0.3, 0.4) is 0 Å². The Morgan fingerprint density at radius 3 is 2.56 bits per heavy atom. The second-order valence-corrected chi connectivity index (χ2v) is 7.21. The number of nitrogens with one attached hydrogen (secondary N) is 1. The van der Waals surface area contributed by atoms with Gasteiger partial charge in [-0.3, -0.25) is 4.79 Å². The van der Waals surface area contributed by atoms with E-state index in [1.807, 2.05) is 49.4 Å². The van der Waals surface area contributed by atoms with Crippen LogP contribution in [-0.4, -0.2) is 27.9 Å². The van der Waals surface area contributed by atoms with Gasteiger partial charge in [-0.15, -0.1) is 0 Å². The number of fused-ring (bicyclic) bond motifs is 1. The van der Waals surface area contributed by atoms with Crippen molar-refractivity contribution < 1.29 is 14.3 Å². The molecule has 1 aliphatic heterocycles. The zero-order valence-electron chi connectivity index (χ0n) is 14.6. The summed E-state index contributed by atoms with van der Waals surface area (Å²) in [5, 5.41) is 7.21. The first-order valence-corrected chi connectivity index (χ1v) is 9.39. The Bertz CT molecular complexity index is 955. The lowest BCUT2D eigenvalue weighted by molar-refractivity contribution is -0.128. The first-order chi connectivity index (χ1) is 13.1. The third-order valence-electron chi connectivity index (χ3n) is 4.31. The molecule has 2 heterocycles. The quantitative estimate of drug-likeness (QED) is 0.686. The lowest BCUT2D eigenvalue weighted by atomic mass is 10.1. The highest BCUT2D eigenvalue weighted by molar-refractivity contribution is 9.10. The van der Waals surface area contributed by atoms with Crippen molar-refractivity contribution in [2.75, 3.05) is 5.32 Å². The summed E-state index contributed by atoms with van der Waals surface area (Å²) >= 11 is 3.43. The van der Waals surface area contributed by atoms with Crippen molar-refractivity contribution >= 4 is 27.7 Å². The molecular formula is C20H18BrN3O3. The minimum absolute atomic E-state index is 0.269. The largest absolute Gasteiger partial charge is 0.482 e. The average molecular weight is 428 g/mol. The van der Waals surface area contributed by atoms with E-state index >= 15 is 0 Å². The van der Waals surface area contributed by atoms with E-state index < -0.39 is 12.2 Å². The maximum Gasteiger partial charge on any atom is 0.270 e. The van der Waals surface area contributed by atoms with Gasteiger partial charge in [0.05, 0.1) is 12.7 Å². The van der Waals surface area contributed by atoms with Crippen molar-refractivity contribution in [2.24, 2.45) is 0 Å². The van der Waals surface area contributed by atoms with Gasteiger partial charge < -0.3 is 14.8 Å². The molecule has 6 nitrogen and oxygen atoms in total. The predicted octanol–water partition coefficient (Wildman–Crippen LogP) is 3.86. The number of carbonyl (C=O) groups excluding carboxylic acids is 1. The number of para-hydroxylation sites is 2. The van der Waals surface area contributed by atoms with Gasteiger partial charge in [-0.25, -0.2) is 4.68 Å². The SMILES string of the molecule is CC1Oc2ccccc2OC1C(=O)Nc1ccnn1Cc1ccc(Br)cc1. The summed E-state index contributed by atoms with van der Waals surface area (Å²) in [6, 6.07) is 17.1. The maximum absolute atomic E-state index is 12.8. The van der Waals surface area contributed by atoms with Gasteiger partial charge in [0.15, 0.2) is 11.5 Å². The highest BCUT2D eigenvalue weighted by Gasteiger charge is 2.34. The lowest BCUT2D eigenvalue weighted by Crippen LogP contribution is -2.46. The monoisotopic (exact) mass is 427 g/mol. The van der Waals surface area contributed by atoms with Gasteiger partial charge in [-0.1, -0.05) is 40.2 Å². The smallest absolute Gasteiger partial charge is 0.270 e. The van der Waals surface area contributed by atoms with Gasteiger partial charge in [0.1, 0.15) is 11.9 Å². The molecule has 1 aromatic heterocycles. The van der Waals surface area contributed by atoms with Crippen LogP contribution in [0.15, 0.2) is 65.3 Å². The molecule has 138 valence electrons. The Morgan fingerprint density at radius 2 is 1.81 bits per heavy atom. The van der Waals surface area contributed by atoms with Crippen LogP contribution in [0.1, 0.15) is 12.5 Å². The van der Waals surface area contributed by atoms with E-state index in [-0.39, 0.29) is 5.91 Å². The molecule has 0 saturated heterocycles. The van der Waals surface area contributed by atoms with Crippen LogP contribution in [0, 0.1) is 0 Å². The van der Waals surface area contributed by atoms with Gasteiger partial charge in [0.25, 0.3) is 5.91 Å². The first-order valence-electron chi connectivity index (χ1n) is 8.59. The fourth-order valence-electron chi connectivity index (χ4n) is 2.93. The summed E-state index contributed by atoms with van der Waals surface area (Å²) in [5.74, 6) is 1.56. The third-order valence-corrected chi connectivity index (χ3v) is 4.84. The summed E-state index contributed by atoms with van der Waals surface area (Å²) in [5.41, 5.74) is 1.08. The molecule has 4 rings (SSSR count). The Morgan fingerprint density at radius 1 is 1.11 bits per heavy atom. The van der Waals surface area contributed by atoms with E-state index in [1.54, 1.807) is 23.0 Å². The number of ether oxygens (including phenoxy) is 2. The van der Waals surface area contributed by atoms with Crippen LogP contribution < -0.4 is 14.8 Å². The Balaban J connectivity index is 1.47. The van der Waals surface area contributed by atoms with E-state index in [9.17, 15) is 4.79 Å². The maximum atomic E-state index is 12.8. The number of halogens is 1. The summed E-state index contributed by atoms with van der Waals surface area (Å²) in [6.45, 7) is 2.37. The molecule has 0 spiro atoms. The molecule has 1 amide bonds. The zero-order valence-corrected chi connectivity index (χ0v) is 16.2. The zero-order chi connectivity index (χ0) is 18.8. The lowest BCUT2D eigenvalue weighted by Gasteiger charge is -2.31. The second kappa shape index (κ2) is 7.44. The molecule has 2 atom stereocenters. The Kier molecular flexibility index (Phi) is 4.85. The first kappa shape index (κ1) is 17.6. The number of amides is 1. The minimum Gasteiger partial charge on any atom is -0.482 e. The standard InChI is InChI=1S/C20H18BrN3O3/c1-13-19(27-17-5-3-2-4-16(17)26-13)20(25)23-18-10-11-22-24(18)12-14-6-8-15(21)9-7-14/h2-11,13,19H,12H2,1H3,(H,23,25). The van der Waals surface area contributed by atoms with Crippen molar-refractivity contribution in [3.05, 3.63) is 70.8 Å². The molecule has 1 aliphatic rings. The number of hydrogen-bond acceptors (Lipinski definition) is 4. The summed E-state index contributed by atoms with van der Waals surface area (Å²) in [4.78, 5) is 12.8. The number of nitrogens with zero attached hydrogens (tertiary/aromatic N) is 2. The molecule has 2 aromatic carbocycles. The van der Waals surface area contributed by atoms with E-state index in [1.165, 1.54) is 0 Å². The molecule has 3 aromatic rings. The number of anilines is 1. The number of carbonyl (C=O) groups is 1. The van der Waals surface area contributed by atoms with Crippen LogP contribution >= 0.6 is 15.9 Å². The molecule has 7 heteroatoms. The summed E-state index contributed by atoms with van der Waals surface area (Å²) in [7, 11) is 0. The molecule has 0 fully saturated rings. The van der Waals surface area contributed by atoms with Crippen molar-refractivity contribution in [1.29, 1.82) is 0 Å². The Hall–Kier alpha value is -2.80. The molecular weight excluding hydrogens is 410 g/mol. The normalized spacial score (nSPS) is 18.1. The summed E-state index contributed by atoms with van der Waals surface area (Å²) < 4.78 is 14.4. The van der Waals surface area contributed by atoms with Crippen LogP contribution in [0.25, 0.3) is 0 Å². The number of rotatable bonds is 4. The van der Waals surface area contributed by atoms with Crippen molar-refractivity contribution in [1.82, 2.24) is 9.78 Å². The van der Waals surface area contributed by atoms with Crippen LogP contribution in [0.5, 0.6) is 11.5 Å². The highest BCUT2D eigenvalue weighted by Crippen LogP contribution is 2.33. The number of aromatic nitrogens is 2. The van der Waals surface area contributed by atoms with Crippen LogP contribution in [0.4, 0.5) is 5.82 Å². The van der Waals surface area contributed by atoms with Gasteiger partial charge >= 0.3 is 0 Å². The van der Waals surface area contributed by atoms with E-state index in [4.69, 9.17) is 9.47 Å². The fourth-order valence-corrected chi connectivity index (χ4v) is 3.20. The summed E-state index contributed by atoms with van der Waals surface area (Å²) in [6.07, 6.45) is 0.518. The van der Waals surface area contributed by atoms with Gasteiger partial charge in [-0.2, -0.15) is 5.10 Å².